The van der Waals surface area contributed by atoms with Crippen LogP contribution in [0.5, 0.6) is 0 Å². The van der Waals surface area contributed by atoms with E-state index in [1.165, 1.54) is 0 Å². The van der Waals surface area contributed by atoms with Crippen LogP contribution < -0.4 is 0 Å². The number of benzene rings is 1. The lowest BCUT2D eigenvalue weighted by Gasteiger charge is -1.95. The Morgan fingerprint density at radius 3 is 2.50 bits per heavy atom. The van der Waals surface area contributed by atoms with Gasteiger partial charge in [0, 0.05) is 11.6 Å². The highest BCUT2D eigenvalue weighted by Crippen LogP contribution is 2.03. The summed E-state index contributed by atoms with van der Waals surface area (Å²) in [6.45, 7) is 1.95. The molecule has 0 amide bonds. The molecule has 1 aromatic rings. The molecular weight excluding hydrogens is 150 g/mol. The first kappa shape index (κ1) is 8.44. The van der Waals surface area contributed by atoms with Crippen LogP contribution in [0.1, 0.15) is 15.9 Å². The van der Waals surface area contributed by atoms with Crippen LogP contribution in [-0.4, -0.2) is 11.7 Å². The van der Waals surface area contributed by atoms with Crippen molar-refractivity contribution < 1.29 is 4.79 Å². The van der Waals surface area contributed by atoms with Crippen molar-refractivity contribution in [2.24, 2.45) is 0 Å². The van der Waals surface area contributed by atoms with E-state index < -0.39 is 0 Å². The smallest absolute Gasteiger partial charge is 0.191 e. The summed E-state index contributed by atoms with van der Waals surface area (Å²) in [5, 5.41) is 8.23. The van der Waals surface area contributed by atoms with Gasteiger partial charge in [0.15, 0.2) is 5.78 Å². The molecule has 12 heavy (non-hydrogen) atoms. The number of nitrogens with zero attached hydrogens (tertiary/aromatic N) is 1. The Hall–Kier alpha value is -1.66. The molecule has 1 aromatic carbocycles. The number of carbonyl (C=O) groups is 1. The van der Waals surface area contributed by atoms with Gasteiger partial charge in [-0.1, -0.05) is 29.8 Å². The summed E-state index contributed by atoms with van der Waals surface area (Å²) in [5.41, 5.74) is 1.66. The standard InChI is InChI=1S/C10H8NO/c1-8-2-4-9(5-3-8)10(12)6-7-11/h2-6H,1H3/q-1. The third kappa shape index (κ3) is 1.91. The second-order valence-corrected chi connectivity index (χ2v) is 2.50. The van der Waals surface area contributed by atoms with Crippen LogP contribution >= 0.6 is 0 Å². The lowest BCUT2D eigenvalue weighted by molar-refractivity contribution is 0.104. The van der Waals surface area contributed by atoms with E-state index >= 15 is 0 Å². The SMILES string of the molecule is Cc1ccc(C(=O)C=C=[N-])cc1. The number of allylic oxidation sites excluding steroid dienone is 1. The molecule has 0 fully saturated rings. The maximum Gasteiger partial charge on any atom is 0.191 e. The first-order valence-corrected chi connectivity index (χ1v) is 3.58. The molecule has 0 bridgehead atoms. The highest BCUT2D eigenvalue weighted by molar-refractivity contribution is 6.09. The molecule has 0 saturated heterocycles. The molecular formula is C10H8NO-. The van der Waals surface area contributed by atoms with Crippen molar-refractivity contribution in [1.82, 2.24) is 0 Å². The van der Waals surface area contributed by atoms with Crippen molar-refractivity contribution in [1.29, 1.82) is 0 Å². The minimum Gasteiger partial charge on any atom is -0.763 e. The molecule has 0 saturated carbocycles. The normalized spacial score (nSPS) is 8.75. The predicted octanol–water partition coefficient (Wildman–Crippen LogP) is 1.97. The fourth-order valence-corrected chi connectivity index (χ4v) is 0.860. The van der Waals surface area contributed by atoms with Gasteiger partial charge in [-0.05, 0) is 6.92 Å². The molecule has 0 radical (unpaired) electrons. The summed E-state index contributed by atoms with van der Waals surface area (Å²) in [6.07, 6.45) is 1.00. The number of hydrogen-bond donors (Lipinski definition) is 0. The van der Waals surface area contributed by atoms with Gasteiger partial charge in [0.25, 0.3) is 0 Å². The Bertz CT molecular complexity index is 331. The first-order valence-electron chi connectivity index (χ1n) is 3.58. The summed E-state index contributed by atoms with van der Waals surface area (Å²) in [5.74, 6) is 1.47. The molecule has 60 valence electrons. The fourth-order valence-electron chi connectivity index (χ4n) is 0.860. The topological polar surface area (TPSA) is 39.4 Å². The molecule has 2 heteroatoms. The lowest BCUT2D eigenvalue weighted by Crippen LogP contribution is -1.93. The van der Waals surface area contributed by atoms with Gasteiger partial charge in [-0.15, -0.1) is 0 Å². The largest absolute Gasteiger partial charge is 0.763 e. The Kier molecular flexibility index (Phi) is 2.57. The molecule has 0 aliphatic rings. The second kappa shape index (κ2) is 3.65. The van der Waals surface area contributed by atoms with Gasteiger partial charge in [-0.2, -0.15) is 0 Å². The van der Waals surface area contributed by atoms with Crippen molar-refractivity contribution in [3.8, 4) is 0 Å². The van der Waals surface area contributed by atoms with Crippen molar-refractivity contribution in [3.05, 3.63) is 46.9 Å². The van der Waals surface area contributed by atoms with E-state index in [9.17, 15) is 4.79 Å². The monoisotopic (exact) mass is 158 g/mol. The summed E-state index contributed by atoms with van der Waals surface area (Å²) >= 11 is 0. The van der Waals surface area contributed by atoms with Gasteiger partial charge in [0.1, 0.15) is 0 Å². The molecule has 0 unspecified atom stereocenters. The molecule has 0 heterocycles. The van der Waals surface area contributed by atoms with Crippen LogP contribution in [0.15, 0.2) is 30.3 Å². The molecule has 0 atom stereocenters. The molecule has 2 nitrogen and oxygen atoms in total. The van der Waals surface area contributed by atoms with Gasteiger partial charge in [-0.25, -0.2) is 0 Å². The average Bonchev–Trinajstić information content (AvgIpc) is 2.06. The summed E-state index contributed by atoms with van der Waals surface area (Å²) in [4.78, 5) is 11.1. The van der Waals surface area contributed by atoms with E-state index in [0.29, 0.717) is 5.56 Å². The van der Waals surface area contributed by atoms with Crippen LogP contribution in [-0.2, 0) is 0 Å². The third-order valence-corrected chi connectivity index (χ3v) is 1.53. The van der Waals surface area contributed by atoms with Crippen LogP contribution in [0.25, 0.3) is 5.41 Å². The molecule has 0 aliphatic carbocycles. The van der Waals surface area contributed by atoms with Crippen LogP contribution in [0.2, 0.25) is 0 Å². The van der Waals surface area contributed by atoms with E-state index in [1.807, 2.05) is 19.1 Å². The Morgan fingerprint density at radius 1 is 1.42 bits per heavy atom. The van der Waals surface area contributed by atoms with Crippen molar-refractivity contribution in [3.63, 3.8) is 0 Å². The average molecular weight is 158 g/mol. The quantitative estimate of drug-likeness (QED) is 0.368. The van der Waals surface area contributed by atoms with Crippen LogP contribution in [0, 0.1) is 6.92 Å². The highest BCUT2D eigenvalue weighted by Gasteiger charge is 1.98. The molecule has 0 N–H and O–H groups in total. The Balaban J connectivity index is 2.97. The first-order chi connectivity index (χ1) is 5.74. The fraction of sp³-hybridized carbons (Fsp3) is 0.100. The zero-order chi connectivity index (χ0) is 8.97. The summed E-state index contributed by atoms with van der Waals surface area (Å²) < 4.78 is 0. The summed E-state index contributed by atoms with van der Waals surface area (Å²) in [7, 11) is 0. The second-order valence-electron chi connectivity index (χ2n) is 2.50. The van der Waals surface area contributed by atoms with Gasteiger partial charge < -0.3 is 5.41 Å². The Labute approximate surface area is 71.0 Å². The molecule has 0 spiro atoms. The number of carbonyl (C=O) groups excluding carboxylic acids is 1. The highest BCUT2D eigenvalue weighted by atomic mass is 16.1. The van der Waals surface area contributed by atoms with Crippen molar-refractivity contribution >= 4 is 11.7 Å². The third-order valence-electron chi connectivity index (χ3n) is 1.53. The number of ketones is 1. The van der Waals surface area contributed by atoms with Gasteiger partial charge >= 0.3 is 0 Å². The van der Waals surface area contributed by atoms with Gasteiger partial charge in [0.05, 0.1) is 0 Å². The van der Waals surface area contributed by atoms with Crippen molar-refractivity contribution in [2.75, 3.05) is 0 Å². The van der Waals surface area contributed by atoms with Crippen LogP contribution in [0.4, 0.5) is 0 Å². The van der Waals surface area contributed by atoms with Crippen LogP contribution in [0.3, 0.4) is 0 Å². The maximum absolute atomic E-state index is 11.1. The van der Waals surface area contributed by atoms with E-state index in [0.717, 1.165) is 11.6 Å². The minimum absolute atomic E-state index is 0.238. The molecule has 0 aliphatic heterocycles. The lowest BCUT2D eigenvalue weighted by atomic mass is 10.1. The number of hydrogen-bond acceptors (Lipinski definition) is 1. The minimum atomic E-state index is -0.238. The van der Waals surface area contributed by atoms with Gasteiger partial charge in [0.2, 0.25) is 0 Å². The van der Waals surface area contributed by atoms with E-state index in [4.69, 9.17) is 5.41 Å². The van der Waals surface area contributed by atoms with E-state index in [1.54, 1.807) is 18.0 Å². The number of aryl methyl sites for hydroxylation is 1. The molecule has 0 aromatic heterocycles. The summed E-state index contributed by atoms with van der Waals surface area (Å²) in [6, 6.07) is 7.12. The maximum atomic E-state index is 11.1. The number of rotatable bonds is 2. The zero-order valence-corrected chi connectivity index (χ0v) is 6.74. The van der Waals surface area contributed by atoms with E-state index in [-0.39, 0.29) is 5.78 Å². The Morgan fingerprint density at radius 2 is 2.00 bits per heavy atom. The zero-order valence-electron chi connectivity index (χ0n) is 6.74. The molecule has 1 rings (SSSR count). The van der Waals surface area contributed by atoms with Gasteiger partial charge in [-0.3, -0.25) is 10.7 Å². The van der Waals surface area contributed by atoms with E-state index in [2.05, 4.69) is 0 Å². The predicted molar refractivity (Wildman–Crippen MR) is 48.4 cm³/mol. The van der Waals surface area contributed by atoms with Crippen molar-refractivity contribution in [2.45, 2.75) is 6.92 Å².